The second kappa shape index (κ2) is 6.68. The zero-order chi connectivity index (χ0) is 13.1. The first-order valence-corrected chi connectivity index (χ1v) is 5.73. The molecule has 2 aromatic rings. The number of methoxy groups -OCH3 is 1. The van der Waals surface area contributed by atoms with E-state index in [4.69, 9.17) is 10.5 Å². The molecule has 0 saturated carbocycles. The predicted molar refractivity (Wildman–Crippen MR) is 75.3 cm³/mol. The van der Waals surface area contributed by atoms with Gasteiger partial charge >= 0.3 is 0 Å². The fourth-order valence-corrected chi connectivity index (χ4v) is 2.15. The van der Waals surface area contributed by atoms with Gasteiger partial charge in [0.1, 0.15) is 5.75 Å². The van der Waals surface area contributed by atoms with Gasteiger partial charge in [0, 0.05) is 18.0 Å². The maximum absolute atomic E-state index is 12.5. The highest BCUT2D eigenvalue weighted by Crippen LogP contribution is 2.34. The Balaban J connectivity index is 0.00000180. The number of nitrogens with two attached hydrogens (primary N) is 1. The van der Waals surface area contributed by atoms with Crippen molar-refractivity contribution in [1.29, 1.82) is 0 Å². The maximum Gasteiger partial charge on any atom is 0.240 e. The third-order valence-electron chi connectivity index (χ3n) is 2.95. The lowest BCUT2D eigenvalue weighted by Crippen LogP contribution is -2.15. The van der Waals surface area contributed by atoms with E-state index in [0.29, 0.717) is 11.3 Å². The van der Waals surface area contributed by atoms with Crippen LogP contribution in [0.3, 0.4) is 0 Å². The summed E-state index contributed by atoms with van der Waals surface area (Å²) in [5.41, 5.74) is 6.53. The number of benzene rings is 2. The normalized spacial score (nSPS) is 12.3. The third kappa shape index (κ3) is 3.33. The van der Waals surface area contributed by atoms with Gasteiger partial charge in [-0.05, 0) is 16.8 Å². The first-order chi connectivity index (χ1) is 8.63. The van der Waals surface area contributed by atoms with Gasteiger partial charge in [-0.3, -0.25) is 0 Å². The third-order valence-corrected chi connectivity index (χ3v) is 2.95. The lowest BCUT2D eigenvalue weighted by Gasteiger charge is -2.18. The van der Waals surface area contributed by atoms with Gasteiger partial charge in [0.25, 0.3) is 0 Å². The highest BCUT2D eigenvalue weighted by atomic mass is 35.5. The minimum Gasteiger partial charge on any atom is -0.496 e. The second-order valence-corrected chi connectivity index (χ2v) is 4.14. The number of hydrogen-bond donors (Lipinski definition) is 1. The summed E-state index contributed by atoms with van der Waals surface area (Å²) in [5.74, 6) is 0.557. The number of fused-ring (bicyclic) bond motifs is 1. The molecule has 2 rings (SSSR count). The van der Waals surface area contributed by atoms with Crippen LogP contribution in [0.1, 0.15) is 18.0 Å². The first-order valence-electron chi connectivity index (χ1n) is 5.73. The summed E-state index contributed by atoms with van der Waals surface area (Å²) in [7, 11) is 1.52. The van der Waals surface area contributed by atoms with Crippen LogP contribution in [-0.4, -0.2) is 13.5 Å². The van der Waals surface area contributed by atoms with Gasteiger partial charge in [0.05, 0.1) is 7.11 Å². The second-order valence-electron chi connectivity index (χ2n) is 4.14. The van der Waals surface area contributed by atoms with E-state index in [1.165, 1.54) is 7.11 Å². The Morgan fingerprint density at radius 2 is 1.84 bits per heavy atom. The van der Waals surface area contributed by atoms with E-state index in [0.717, 1.165) is 10.8 Å². The predicted octanol–water partition coefficient (Wildman–Crippen LogP) is 3.93. The van der Waals surface area contributed by atoms with Crippen molar-refractivity contribution in [1.82, 2.24) is 0 Å². The lowest BCUT2D eigenvalue weighted by molar-refractivity contribution is 0.128. The molecule has 0 aliphatic rings. The topological polar surface area (TPSA) is 35.2 Å². The van der Waals surface area contributed by atoms with Gasteiger partial charge < -0.3 is 10.5 Å². The van der Waals surface area contributed by atoms with Crippen LogP contribution < -0.4 is 10.5 Å². The molecule has 19 heavy (non-hydrogen) atoms. The SMILES string of the molecule is COc1ccc2ccccc2c1[C@H](N)CC(F)F.Cl. The Hall–Kier alpha value is -1.39. The molecule has 2 aromatic carbocycles. The lowest BCUT2D eigenvalue weighted by atomic mass is 9.96. The Morgan fingerprint density at radius 1 is 1.16 bits per heavy atom. The van der Waals surface area contributed by atoms with Gasteiger partial charge in [-0.15, -0.1) is 12.4 Å². The number of ether oxygens (including phenoxy) is 1. The molecule has 104 valence electrons. The molecule has 0 aromatic heterocycles. The first kappa shape index (κ1) is 15.7. The van der Waals surface area contributed by atoms with Gasteiger partial charge in [0.15, 0.2) is 0 Å². The molecule has 5 heteroatoms. The Morgan fingerprint density at radius 3 is 2.47 bits per heavy atom. The van der Waals surface area contributed by atoms with Crippen LogP contribution in [0.4, 0.5) is 8.78 Å². The molecular formula is C14H16ClF2NO. The average molecular weight is 288 g/mol. The Bertz CT molecular complexity index is 548. The van der Waals surface area contributed by atoms with Gasteiger partial charge in [0.2, 0.25) is 6.43 Å². The van der Waals surface area contributed by atoms with Crippen molar-refractivity contribution in [3.8, 4) is 5.75 Å². The minimum absolute atomic E-state index is 0. The van der Waals surface area contributed by atoms with Crippen molar-refractivity contribution in [2.24, 2.45) is 5.73 Å². The monoisotopic (exact) mass is 287 g/mol. The van der Waals surface area contributed by atoms with E-state index in [2.05, 4.69) is 0 Å². The molecule has 0 bridgehead atoms. The standard InChI is InChI=1S/C14H15F2NO.ClH/c1-18-12-7-6-9-4-2-3-5-10(9)14(12)11(17)8-13(15)16;/h2-7,11,13H,8,17H2,1H3;1H/t11-;/m1./s1. The summed E-state index contributed by atoms with van der Waals surface area (Å²) in [6.07, 6.45) is -2.80. The summed E-state index contributed by atoms with van der Waals surface area (Å²) < 4.78 is 30.2. The summed E-state index contributed by atoms with van der Waals surface area (Å²) in [6.45, 7) is 0. The van der Waals surface area contributed by atoms with Crippen LogP contribution in [0.15, 0.2) is 36.4 Å². The van der Waals surface area contributed by atoms with Crippen LogP contribution in [0, 0.1) is 0 Å². The van der Waals surface area contributed by atoms with E-state index in [-0.39, 0.29) is 18.8 Å². The molecule has 0 fully saturated rings. The number of rotatable bonds is 4. The Kier molecular flexibility index (Phi) is 5.51. The van der Waals surface area contributed by atoms with Crippen LogP contribution in [0.2, 0.25) is 0 Å². The molecule has 0 amide bonds. The van der Waals surface area contributed by atoms with Crippen molar-refractivity contribution in [2.45, 2.75) is 18.9 Å². The van der Waals surface area contributed by atoms with Crippen molar-refractivity contribution < 1.29 is 13.5 Å². The molecule has 0 aliphatic heterocycles. The van der Waals surface area contributed by atoms with E-state index in [1.807, 2.05) is 30.3 Å². The molecule has 0 unspecified atom stereocenters. The quantitative estimate of drug-likeness (QED) is 0.925. The van der Waals surface area contributed by atoms with Crippen molar-refractivity contribution in [3.05, 3.63) is 42.0 Å². The minimum atomic E-state index is -2.43. The molecule has 0 saturated heterocycles. The molecule has 0 radical (unpaired) electrons. The molecular weight excluding hydrogens is 272 g/mol. The van der Waals surface area contributed by atoms with Crippen LogP contribution in [0.5, 0.6) is 5.75 Å². The van der Waals surface area contributed by atoms with Gasteiger partial charge in [-0.1, -0.05) is 30.3 Å². The van der Waals surface area contributed by atoms with E-state index in [9.17, 15) is 8.78 Å². The molecule has 0 spiro atoms. The van der Waals surface area contributed by atoms with Gasteiger partial charge in [-0.2, -0.15) is 0 Å². The van der Waals surface area contributed by atoms with Crippen molar-refractivity contribution in [3.63, 3.8) is 0 Å². The van der Waals surface area contributed by atoms with Crippen molar-refractivity contribution >= 4 is 23.2 Å². The Labute approximate surface area is 117 Å². The van der Waals surface area contributed by atoms with E-state index >= 15 is 0 Å². The molecule has 0 heterocycles. The molecule has 2 nitrogen and oxygen atoms in total. The number of alkyl halides is 2. The van der Waals surface area contributed by atoms with E-state index < -0.39 is 12.5 Å². The smallest absolute Gasteiger partial charge is 0.240 e. The summed E-state index contributed by atoms with van der Waals surface area (Å²) >= 11 is 0. The number of halogens is 3. The highest BCUT2D eigenvalue weighted by Gasteiger charge is 2.19. The van der Waals surface area contributed by atoms with Crippen molar-refractivity contribution in [2.75, 3.05) is 7.11 Å². The summed E-state index contributed by atoms with van der Waals surface area (Å²) in [4.78, 5) is 0. The zero-order valence-electron chi connectivity index (χ0n) is 10.5. The molecule has 0 aliphatic carbocycles. The fraction of sp³-hybridized carbons (Fsp3) is 0.286. The largest absolute Gasteiger partial charge is 0.496 e. The highest BCUT2D eigenvalue weighted by molar-refractivity contribution is 5.88. The number of hydrogen-bond acceptors (Lipinski definition) is 2. The maximum atomic E-state index is 12.5. The fourth-order valence-electron chi connectivity index (χ4n) is 2.15. The summed E-state index contributed by atoms with van der Waals surface area (Å²) in [5, 5.41) is 1.84. The van der Waals surface area contributed by atoms with E-state index in [1.54, 1.807) is 6.07 Å². The van der Waals surface area contributed by atoms with Crippen LogP contribution >= 0.6 is 12.4 Å². The molecule has 1 atom stereocenters. The van der Waals surface area contributed by atoms with Crippen LogP contribution in [-0.2, 0) is 0 Å². The zero-order valence-corrected chi connectivity index (χ0v) is 11.3. The average Bonchev–Trinajstić information content (AvgIpc) is 2.36. The molecule has 2 N–H and O–H groups in total. The van der Waals surface area contributed by atoms with Crippen LogP contribution in [0.25, 0.3) is 10.8 Å². The summed E-state index contributed by atoms with van der Waals surface area (Å²) in [6, 6.07) is 10.5. The van der Waals surface area contributed by atoms with Gasteiger partial charge in [-0.25, -0.2) is 8.78 Å².